The van der Waals surface area contributed by atoms with Gasteiger partial charge >= 0.3 is 5.97 Å². The van der Waals surface area contributed by atoms with Gasteiger partial charge in [-0.15, -0.1) is 0 Å². The Bertz CT molecular complexity index is 1300. The zero-order valence-corrected chi connectivity index (χ0v) is 19.5. The molecule has 5 rings (SSSR count). The highest BCUT2D eigenvalue weighted by Crippen LogP contribution is 2.78. The van der Waals surface area contributed by atoms with Crippen LogP contribution in [0.4, 0.5) is 5.69 Å². The molecule has 1 aliphatic heterocycles. The lowest BCUT2D eigenvalue weighted by molar-refractivity contribution is -0.147. The van der Waals surface area contributed by atoms with Gasteiger partial charge < -0.3 is 14.8 Å². The van der Waals surface area contributed by atoms with Gasteiger partial charge in [-0.3, -0.25) is 14.4 Å². The Morgan fingerprint density at radius 1 is 1.00 bits per heavy atom. The van der Waals surface area contributed by atoms with Crippen LogP contribution >= 0.6 is 15.9 Å². The van der Waals surface area contributed by atoms with Gasteiger partial charge in [0.25, 0.3) is 0 Å². The SMILES string of the molecule is COc1ccccc1NC(=O)[C@]12C(=O)Oc3ccccc3[C@H]1[C@]2(C)C(=O)c1ccc(Br)cc1. The van der Waals surface area contributed by atoms with Crippen molar-refractivity contribution in [2.45, 2.75) is 12.8 Å². The van der Waals surface area contributed by atoms with E-state index >= 15 is 0 Å². The van der Waals surface area contributed by atoms with Crippen LogP contribution in [0, 0.1) is 10.8 Å². The summed E-state index contributed by atoms with van der Waals surface area (Å²) in [6, 6.07) is 20.9. The van der Waals surface area contributed by atoms with E-state index in [1.807, 2.05) is 6.07 Å². The Hall–Kier alpha value is -3.45. The summed E-state index contributed by atoms with van der Waals surface area (Å²) in [5.74, 6) is -1.45. The summed E-state index contributed by atoms with van der Waals surface area (Å²) in [4.78, 5) is 41.1. The summed E-state index contributed by atoms with van der Waals surface area (Å²) in [6.07, 6.45) is 0. The number of benzene rings is 3. The largest absolute Gasteiger partial charge is 0.495 e. The minimum absolute atomic E-state index is 0.288. The second-order valence-electron chi connectivity index (χ2n) is 8.36. The predicted octanol–water partition coefficient (Wildman–Crippen LogP) is 4.99. The average molecular weight is 506 g/mol. The van der Waals surface area contributed by atoms with Crippen molar-refractivity contribution in [3.63, 3.8) is 0 Å². The molecule has 1 saturated carbocycles. The number of fused-ring (bicyclic) bond motifs is 3. The van der Waals surface area contributed by atoms with Gasteiger partial charge in [0.05, 0.1) is 18.2 Å². The lowest BCUT2D eigenvalue weighted by atomic mass is 9.86. The molecule has 3 atom stereocenters. The highest BCUT2D eigenvalue weighted by Gasteiger charge is 2.88. The van der Waals surface area contributed by atoms with Gasteiger partial charge in [-0.2, -0.15) is 0 Å². The number of hydrogen-bond acceptors (Lipinski definition) is 5. The molecule has 166 valence electrons. The quantitative estimate of drug-likeness (QED) is 0.228. The van der Waals surface area contributed by atoms with Crippen LogP contribution in [-0.2, 0) is 9.59 Å². The van der Waals surface area contributed by atoms with Crippen molar-refractivity contribution in [3.05, 3.63) is 88.4 Å². The highest BCUT2D eigenvalue weighted by atomic mass is 79.9. The molecule has 0 radical (unpaired) electrons. The zero-order chi connectivity index (χ0) is 23.4. The molecule has 3 aromatic carbocycles. The Morgan fingerprint density at radius 3 is 2.39 bits per heavy atom. The third kappa shape index (κ3) is 2.88. The van der Waals surface area contributed by atoms with E-state index < -0.39 is 28.6 Å². The van der Waals surface area contributed by atoms with Crippen molar-refractivity contribution in [3.8, 4) is 11.5 Å². The number of nitrogens with one attached hydrogen (secondary N) is 1. The first-order valence-corrected chi connectivity index (χ1v) is 11.2. The molecule has 1 N–H and O–H groups in total. The summed E-state index contributed by atoms with van der Waals surface area (Å²) < 4.78 is 11.8. The number of rotatable bonds is 5. The van der Waals surface area contributed by atoms with E-state index in [1.54, 1.807) is 73.7 Å². The summed E-state index contributed by atoms with van der Waals surface area (Å²) in [5.41, 5.74) is -1.52. The maximum Gasteiger partial charge on any atom is 0.328 e. The number of halogens is 1. The number of ether oxygens (including phenoxy) is 2. The van der Waals surface area contributed by atoms with Gasteiger partial charge in [0, 0.05) is 21.5 Å². The van der Waals surface area contributed by atoms with Crippen LogP contribution in [0.5, 0.6) is 11.5 Å². The van der Waals surface area contributed by atoms with E-state index in [1.165, 1.54) is 7.11 Å². The van der Waals surface area contributed by atoms with Gasteiger partial charge in [0.2, 0.25) is 5.91 Å². The van der Waals surface area contributed by atoms with Gasteiger partial charge in [-0.25, -0.2) is 0 Å². The van der Waals surface area contributed by atoms with Crippen molar-refractivity contribution in [1.29, 1.82) is 0 Å². The van der Waals surface area contributed by atoms with Crippen molar-refractivity contribution in [2.24, 2.45) is 10.8 Å². The van der Waals surface area contributed by atoms with Crippen molar-refractivity contribution in [1.82, 2.24) is 0 Å². The van der Waals surface area contributed by atoms with Crippen LogP contribution in [-0.4, -0.2) is 24.8 Å². The fourth-order valence-corrected chi connectivity index (χ4v) is 5.39. The highest BCUT2D eigenvalue weighted by molar-refractivity contribution is 9.10. The number of carbonyl (C=O) groups excluding carboxylic acids is 3. The molecule has 0 unspecified atom stereocenters. The molecule has 0 spiro atoms. The number of methoxy groups -OCH3 is 1. The van der Waals surface area contributed by atoms with E-state index in [2.05, 4.69) is 21.2 Å². The lowest BCUT2D eigenvalue weighted by Gasteiger charge is -2.23. The molecule has 33 heavy (non-hydrogen) atoms. The third-order valence-corrected chi connectivity index (χ3v) is 7.32. The van der Waals surface area contributed by atoms with Crippen LogP contribution < -0.4 is 14.8 Å². The first-order chi connectivity index (χ1) is 15.9. The molecule has 0 bridgehead atoms. The number of ketones is 1. The summed E-state index contributed by atoms with van der Waals surface area (Å²) in [5, 5.41) is 2.82. The van der Waals surface area contributed by atoms with Crippen molar-refractivity contribution < 1.29 is 23.9 Å². The standard InChI is InChI=1S/C26H20BrNO5/c1-25(22(29)15-11-13-16(27)14-12-15)21-17-7-3-5-9-19(17)33-24(31)26(21,25)23(30)28-18-8-4-6-10-20(18)32-2/h3-14,21H,1-2H3,(H,28,30)/t21-,25+,26-/m0/s1. The molecular weight excluding hydrogens is 486 g/mol. The number of anilines is 1. The molecule has 2 aliphatic rings. The first kappa shape index (κ1) is 21.4. The predicted molar refractivity (Wildman–Crippen MR) is 125 cm³/mol. The first-order valence-electron chi connectivity index (χ1n) is 10.4. The fourth-order valence-electron chi connectivity index (χ4n) is 5.13. The normalized spacial score (nSPS) is 24.7. The maximum atomic E-state index is 13.8. The van der Waals surface area contributed by atoms with E-state index in [-0.39, 0.29) is 5.78 Å². The molecule has 1 fully saturated rings. The van der Waals surface area contributed by atoms with Crippen molar-refractivity contribution in [2.75, 3.05) is 12.4 Å². The Labute approximate surface area is 199 Å². The van der Waals surface area contributed by atoms with Crippen LogP contribution in [0.3, 0.4) is 0 Å². The van der Waals surface area contributed by atoms with Crippen LogP contribution in [0.2, 0.25) is 0 Å². The Morgan fingerprint density at radius 2 is 1.67 bits per heavy atom. The van der Waals surface area contributed by atoms with E-state index in [0.29, 0.717) is 28.3 Å². The zero-order valence-electron chi connectivity index (χ0n) is 17.9. The number of esters is 1. The molecule has 6 nitrogen and oxygen atoms in total. The second-order valence-corrected chi connectivity index (χ2v) is 9.28. The number of para-hydroxylation sites is 3. The molecule has 3 aromatic rings. The summed E-state index contributed by atoms with van der Waals surface area (Å²) in [6.45, 7) is 1.67. The fraction of sp³-hybridized carbons (Fsp3) is 0.192. The molecule has 0 saturated heterocycles. The molecule has 1 aliphatic carbocycles. The smallest absolute Gasteiger partial charge is 0.328 e. The Kier molecular flexibility index (Phi) is 4.90. The summed E-state index contributed by atoms with van der Waals surface area (Å²) >= 11 is 3.38. The molecular formula is C26H20BrNO5. The molecule has 1 amide bonds. The van der Waals surface area contributed by atoms with Gasteiger partial charge in [0.15, 0.2) is 11.2 Å². The number of amides is 1. The van der Waals surface area contributed by atoms with Crippen LogP contribution in [0.15, 0.2) is 77.3 Å². The lowest BCUT2D eigenvalue weighted by Crippen LogP contribution is -2.42. The summed E-state index contributed by atoms with van der Waals surface area (Å²) in [7, 11) is 1.50. The van der Waals surface area contributed by atoms with E-state index in [4.69, 9.17) is 9.47 Å². The monoisotopic (exact) mass is 505 g/mol. The molecule has 0 aromatic heterocycles. The van der Waals surface area contributed by atoms with Gasteiger partial charge in [0.1, 0.15) is 11.5 Å². The second kappa shape index (κ2) is 7.56. The number of hydrogen-bond donors (Lipinski definition) is 1. The number of carbonyl (C=O) groups is 3. The van der Waals surface area contributed by atoms with Crippen LogP contribution in [0.25, 0.3) is 0 Å². The average Bonchev–Trinajstić information content (AvgIpc) is 3.43. The van der Waals surface area contributed by atoms with E-state index in [0.717, 1.165) is 4.47 Å². The Balaban J connectivity index is 1.64. The van der Waals surface area contributed by atoms with Gasteiger partial charge in [-0.1, -0.05) is 58.4 Å². The number of Topliss-reactive ketones (excluding diaryl/α,β-unsaturated/α-hetero) is 1. The maximum absolute atomic E-state index is 13.8. The van der Waals surface area contributed by atoms with Gasteiger partial charge in [-0.05, 0) is 37.3 Å². The topological polar surface area (TPSA) is 81.7 Å². The molecule has 7 heteroatoms. The third-order valence-electron chi connectivity index (χ3n) is 6.79. The van der Waals surface area contributed by atoms with Crippen LogP contribution in [0.1, 0.15) is 28.8 Å². The minimum atomic E-state index is -1.70. The van der Waals surface area contributed by atoms with Crippen molar-refractivity contribution >= 4 is 39.3 Å². The minimum Gasteiger partial charge on any atom is -0.495 e. The molecule has 1 heterocycles. The van der Waals surface area contributed by atoms with E-state index in [9.17, 15) is 14.4 Å².